The van der Waals surface area contributed by atoms with E-state index in [1.165, 1.54) is 0 Å². The van der Waals surface area contributed by atoms with Gasteiger partial charge in [-0.05, 0) is 26.0 Å². The van der Waals surface area contributed by atoms with Gasteiger partial charge in [-0.3, -0.25) is 9.59 Å². The minimum Gasteiger partial charge on any atom is -0.481 e. The summed E-state index contributed by atoms with van der Waals surface area (Å²) in [4.78, 5) is 26.9. The zero-order valence-electron chi connectivity index (χ0n) is 12.0. The number of carbonyl (C=O) groups excluding carboxylic acids is 1. The van der Waals surface area contributed by atoms with Gasteiger partial charge in [0.1, 0.15) is 5.52 Å². The minimum atomic E-state index is -0.929. The fraction of sp³-hybridized carbons (Fsp3) is 0.400. The number of benzene rings is 1. The summed E-state index contributed by atoms with van der Waals surface area (Å²) in [5.41, 5.74) is 1.46. The zero-order chi connectivity index (χ0) is 15.4. The summed E-state index contributed by atoms with van der Waals surface area (Å²) in [5.74, 6) is -1.26. The van der Waals surface area contributed by atoms with Crippen LogP contribution in [0.25, 0.3) is 11.1 Å². The van der Waals surface area contributed by atoms with E-state index in [2.05, 4.69) is 10.3 Å². The predicted octanol–water partition coefficient (Wildman–Crippen LogP) is 1.99. The number of hydrogen-bond donors (Lipinski definition) is 2. The molecular weight excluding hydrogens is 272 g/mol. The molecule has 0 aliphatic rings. The summed E-state index contributed by atoms with van der Waals surface area (Å²) in [6.07, 6.45) is 0.595. The van der Waals surface area contributed by atoms with Crippen molar-refractivity contribution in [1.29, 1.82) is 0 Å². The van der Waals surface area contributed by atoms with Gasteiger partial charge < -0.3 is 14.8 Å². The second-order valence-electron chi connectivity index (χ2n) is 5.06. The molecule has 0 aliphatic carbocycles. The van der Waals surface area contributed by atoms with Crippen LogP contribution in [0.15, 0.2) is 28.7 Å². The third-order valence-electron chi connectivity index (χ3n) is 3.43. The molecule has 2 N–H and O–H groups in total. The van der Waals surface area contributed by atoms with Crippen molar-refractivity contribution >= 4 is 23.0 Å². The lowest BCUT2D eigenvalue weighted by molar-refractivity contribution is -0.142. The average Bonchev–Trinajstić information content (AvgIpc) is 2.86. The molecule has 6 heteroatoms. The number of oxazole rings is 1. The molecule has 2 rings (SSSR count). The van der Waals surface area contributed by atoms with E-state index in [0.717, 1.165) is 5.52 Å². The molecule has 1 aromatic carbocycles. The highest BCUT2D eigenvalue weighted by atomic mass is 16.4. The van der Waals surface area contributed by atoms with Gasteiger partial charge in [0.15, 0.2) is 11.5 Å². The highest BCUT2D eigenvalue weighted by molar-refractivity contribution is 5.78. The normalized spacial score (nSPS) is 13.8. The van der Waals surface area contributed by atoms with Crippen LogP contribution in [-0.2, 0) is 16.0 Å². The summed E-state index contributed by atoms with van der Waals surface area (Å²) in [6, 6.07) is 6.98. The molecule has 0 bridgehead atoms. The number of carboxylic acids is 1. The minimum absolute atomic E-state index is 0.210. The van der Waals surface area contributed by atoms with E-state index in [1.807, 2.05) is 24.3 Å². The lowest BCUT2D eigenvalue weighted by Crippen LogP contribution is -2.40. The maximum atomic E-state index is 11.8. The number of aromatic nitrogens is 1. The Morgan fingerprint density at radius 3 is 2.71 bits per heavy atom. The average molecular weight is 290 g/mol. The molecule has 1 heterocycles. The second kappa shape index (κ2) is 6.39. The van der Waals surface area contributed by atoms with Crippen LogP contribution in [0.1, 0.15) is 26.2 Å². The number of carboxylic acid groups (broad SMARTS) is 1. The molecule has 1 amide bonds. The van der Waals surface area contributed by atoms with Crippen molar-refractivity contribution in [1.82, 2.24) is 10.3 Å². The number of hydrogen-bond acceptors (Lipinski definition) is 4. The number of amides is 1. The summed E-state index contributed by atoms with van der Waals surface area (Å²) >= 11 is 0. The van der Waals surface area contributed by atoms with Gasteiger partial charge >= 0.3 is 5.97 Å². The summed E-state index contributed by atoms with van der Waals surface area (Å²) in [7, 11) is 0. The van der Waals surface area contributed by atoms with Crippen LogP contribution in [0.4, 0.5) is 0 Å². The summed E-state index contributed by atoms with van der Waals surface area (Å²) in [5, 5.41) is 11.6. The third-order valence-corrected chi connectivity index (χ3v) is 3.43. The molecule has 0 spiro atoms. The van der Waals surface area contributed by atoms with Gasteiger partial charge in [-0.15, -0.1) is 0 Å². The van der Waals surface area contributed by atoms with Crippen LogP contribution in [0.2, 0.25) is 0 Å². The summed E-state index contributed by atoms with van der Waals surface area (Å²) in [6.45, 7) is 3.24. The first-order valence-electron chi connectivity index (χ1n) is 6.84. The number of aryl methyl sites for hydroxylation is 1. The lowest BCUT2D eigenvalue weighted by Gasteiger charge is -2.17. The Hall–Kier alpha value is -2.37. The monoisotopic (exact) mass is 290 g/mol. The van der Waals surface area contributed by atoms with Crippen LogP contribution in [0.3, 0.4) is 0 Å². The zero-order valence-corrected chi connectivity index (χ0v) is 12.0. The lowest BCUT2D eigenvalue weighted by atomic mass is 10.0. The van der Waals surface area contributed by atoms with Crippen LogP contribution < -0.4 is 5.32 Å². The van der Waals surface area contributed by atoms with Gasteiger partial charge in [-0.2, -0.15) is 0 Å². The molecule has 0 fully saturated rings. The number of rotatable bonds is 6. The van der Waals surface area contributed by atoms with Gasteiger partial charge in [-0.1, -0.05) is 12.1 Å². The Morgan fingerprint density at radius 1 is 1.33 bits per heavy atom. The standard InChI is InChI=1S/C15H18N2O4/c1-9(15(19)20)10(2)16-13(18)7-8-14-17-11-5-3-4-6-12(11)21-14/h3-6,9-10H,7-8H2,1-2H3,(H,16,18)(H,19,20). The smallest absolute Gasteiger partial charge is 0.308 e. The molecule has 21 heavy (non-hydrogen) atoms. The number of para-hydroxylation sites is 2. The molecule has 2 aromatic rings. The van der Waals surface area contributed by atoms with E-state index in [4.69, 9.17) is 9.52 Å². The number of aliphatic carboxylic acids is 1. The fourth-order valence-corrected chi connectivity index (χ4v) is 1.91. The van der Waals surface area contributed by atoms with Gasteiger partial charge in [0.05, 0.1) is 5.92 Å². The Morgan fingerprint density at radius 2 is 2.05 bits per heavy atom. The largest absolute Gasteiger partial charge is 0.481 e. The first-order valence-corrected chi connectivity index (χ1v) is 6.84. The first kappa shape index (κ1) is 15.0. The molecule has 1 aromatic heterocycles. The molecule has 112 valence electrons. The molecule has 0 saturated heterocycles. The van der Waals surface area contributed by atoms with Crippen molar-refractivity contribution in [2.75, 3.05) is 0 Å². The molecule has 0 saturated carbocycles. The van der Waals surface area contributed by atoms with Crippen molar-refractivity contribution in [3.8, 4) is 0 Å². The van der Waals surface area contributed by atoms with Gasteiger partial charge in [-0.25, -0.2) is 4.98 Å². The van der Waals surface area contributed by atoms with Gasteiger partial charge in [0, 0.05) is 18.9 Å². The van der Waals surface area contributed by atoms with E-state index >= 15 is 0 Å². The second-order valence-corrected chi connectivity index (χ2v) is 5.06. The fourth-order valence-electron chi connectivity index (χ4n) is 1.91. The van der Waals surface area contributed by atoms with Crippen molar-refractivity contribution in [3.63, 3.8) is 0 Å². The van der Waals surface area contributed by atoms with Crippen molar-refractivity contribution < 1.29 is 19.1 Å². The number of carbonyl (C=O) groups is 2. The Kier molecular flexibility index (Phi) is 4.57. The molecular formula is C15H18N2O4. The molecule has 6 nitrogen and oxygen atoms in total. The van der Waals surface area contributed by atoms with Crippen molar-refractivity contribution in [2.24, 2.45) is 5.92 Å². The Balaban J connectivity index is 1.87. The Bertz CT molecular complexity index is 617. The highest BCUT2D eigenvalue weighted by Gasteiger charge is 2.21. The van der Waals surface area contributed by atoms with Crippen LogP contribution >= 0.6 is 0 Å². The number of fused-ring (bicyclic) bond motifs is 1. The molecule has 2 unspecified atom stereocenters. The molecule has 0 radical (unpaired) electrons. The topological polar surface area (TPSA) is 92.4 Å². The van der Waals surface area contributed by atoms with E-state index in [0.29, 0.717) is 17.9 Å². The van der Waals surface area contributed by atoms with Crippen LogP contribution in [-0.4, -0.2) is 28.0 Å². The van der Waals surface area contributed by atoms with E-state index in [1.54, 1.807) is 13.8 Å². The predicted molar refractivity (Wildman–Crippen MR) is 76.7 cm³/mol. The number of nitrogens with zero attached hydrogens (tertiary/aromatic N) is 1. The maximum Gasteiger partial charge on any atom is 0.308 e. The molecule has 0 aliphatic heterocycles. The van der Waals surface area contributed by atoms with Gasteiger partial charge in [0.2, 0.25) is 5.91 Å². The highest BCUT2D eigenvalue weighted by Crippen LogP contribution is 2.15. The van der Waals surface area contributed by atoms with E-state index in [-0.39, 0.29) is 12.3 Å². The van der Waals surface area contributed by atoms with Gasteiger partial charge in [0.25, 0.3) is 0 Å². The van der Waals surface area contributed by atoms with Crippen LogP contribution in [0, 0.1) is 5.92 Å². The van der Waals surface area contributed by atoms with E-state index < -0.39 is 17.9 Å². The Labute approximate surface area is 122 Å². The quantitative estimate of drug-likeness (QED) is 0.848. The third kappa shape index (κ3) is 3.81. The van der Waals surface area contributed by atoms with Crippen molar-refractivity contribution in [3.05, 3.63) is 30.2 Å². The van der Waals surface area contributed by atoms with Crippen molar-refractivity contribution in [2.45, 2.75) is 32.7 Å². The molecule has 2 atom stereocenters. The summed E-state index contributed by atoms with van der Waals surface area (Å²) < 4.78 is 5.52. The van der Waals surface area contributed by atoms with E-state index in [9.17, 15) is 9.59 Å². The first-order chi connectivity index (χ1) is 9.97. The number of nitrogens with one attached hydrogen (secondary N) is 1. The van der Waals surface area contributed by atoms with Crippen LogP contribution in [0.5, 0.6) is 0 Å². The SMILES string of the molecule is CC(NC(=O)CCc1nc2ccccc2o1)C(C)C(=O)O. The maximum absolute atomic E-state index is 11.8.